The maximum Gasteiger partial charge on any atom is 0.330 e. The molecule has 0 aromatic carbocycles. The van der Waals surface area contributed by atoms with Crippen molar-refractivity contribution in [2.75, 3.05) is 13.3 Å². The number of imide groups is 1. The molecule has 1 fully saturated rings. The van der Waals surface area contributed by atoms with E-state index in [1.54, 1.807) is 7.05 Å². The van der Waals surface area contributed by atoms with Gasteiger partial charge in [0.1, 0.15) is 0 Å². The zero-order chi connectivity index (χ0) is 10.9. The Morgan fingerprint density at radius 2 is 2.00 bits per heavy atom. The Kier molecular flexibility index (Phi) is 3.25. The van der Waals surface area contributed by atoms with E-state index in [0.29, 0.717) is 0 Å². The molecule has 1 atom stereocenters. The van der Waals surface area contributed by atoms with Crippen LogP contribution in [0.15, 0.2) is 0 Å². The van der Waals surface area contributed by atoms with Gasteiger partial charge in [-0.2, -0.15) is 0 Å². The fraction of sp³-hybridized carbons (Fsp3) is 0.750. The first-order valence-corrected chi connectivity index (χ1v) is 5.67. The van der Waals surface area contributed by atoms with Crippen LogP contribution in [0.2, 0.25) is 0 Å². The molecule has 1 aliphatic heterocycles. The van der Waals surface area contributed by atoms with Crippen LogP contribution in [0.4, 0.5) is 9.59 Å². The van der Waals surface area contributed by atoms with Gasteiger partial charge in [-0.15, -0.1) is 11.8 Å². The van der Waals surface area contributed by atoms with Gasteiger partial charge in [-0.05, 0) is 20.1 Å². The molecular formula is C8H15N3O2S. The van der Waals surface area contributed by atoms with Crippen molar-refractivity contribution < 1.29 is 9.59 Å². The number of carbonyl (C=O) groups excluding carboxylic acids is 2. The van der Waals surface area contributed by atoms with Crippen molar-refractivity contribution in [3.63, 3.8) is 0 Å². The molecule has 80 valence electrons. The molecule has 6 heteroatoms. The fourth-order valence-corrected chi connectivity index (χ4v) is 1.93. The van der Waals surface area contributed by atoms with E-state index in [9.17, 15) is 9.59 Å². The summed E-state index contributed by atoms with van der Waals surface area (Å²) < 4.78 is 0. The Morgan fingerprint density at radius 1 is 1.43 bits per heavy atom. The van der Waals surface area contributed by atoms with Gasteiger partial charge in [0.2, 0.25) is 0 Å². The SMILES string of the molecule is CSC1NC(=O)N(C(C)C)C(=O)N1C. The summed E-state index contributed by atoms with van der Waals surface area (Å²) in [5.74, 6) is 0. The van der Waals surface area contributed by atoms with E-state index in [4.69, 9.17) is 0 Å². The Hall–Kier alpha value is -0.910. The van der Waals surface area contributed by atoms with Crippen molar-refractivity contribution in [2.24, 2.45) is 0 Å². The molecule has 1 N–H and O–H groups in total. The van der Waals surface area contributed by atoms with Crippen molar-refractivity contribution >= 4 is 23.8 Å². The van der Waals surface area contributed by atoms with E-state index in [1.165, 1.54) is 21.6 Å². The standard InChI is InChI=1S/C8H15N3O2S/c1-5(2)11-6(12)9-7(14-4)10(3)8(11)13/h5,7H,1-4H3,(H,9,12). The van der Waals surface area contributed by atoms with Gasteiger partial charge < -0.3 is 5.32 Å². The van der Waals surface area contributed by atoms with Crippen LogP contribution < -0.4 is 5.32 Å². The number of urea groups is 2. The maximum absolute atomic E-state index is 11.7. The summed E-state index contributed by atoms with van der Waals surface area (Å²) in [6, 6.07) is -0.682. The molecule has 4 amide bonds. The molecule has 5 nitrogen and oxygen atoms in total. The summed E-state index contributed by atoms with van der Waals surface area (Å²) in [5.41, 5.74) is -0.259. The predicted molar refractivity (Wildman–Crippen MR) is 56.0 cm³/mol. The van der Waals surface area contributed by atoms with Crippen LogP contribution in [0.25, 0.3) is 0 Å². The Balaban J connectivity index is 2.85. The van der Waals surface area contributed by atoms with Gasteiger partial charge in [0, 0.05) is 13.1 Å². The normalized spacial score (nSPS) is 23.1. The Labute approximate surface area is 87.8 Å². The first-order chi connectivity index (χ1) is 6.49. The smallest absolute Gasteiger partial charge is 0.308 e. The quantitative estimate of drug-likeness (QED) is 0.754. The molecule has 0 spiro atoms. The number of amides is 4. The summed E-state index contributed by atoms with van der Waals surface area (Å²) in [7, 11) is 1.68. The van der Waals surface area contributed by atoms with Crippen molar-refractivity contribution in [3.8, 4) is 0 Å². The molecule has 1 unspecified atom stereocenters. The molecule has 1 rings (SSSR count). The second kappa shape index (κ2) is 4.08. The molecule has 0 aromatic rings. The molecule has 0 bridgehead atoms. The summed E-state index contributed by atoms with van der Waals surface area (Å²) in [6.07, 6.45) is 1.85. The predicted octanol–water partition coefficient (Wildman–Crippen LogP) is 1.12. The van der Waals surface area contributed by atoms with Gasteiger partial charge in [-0.1, -0.05) is 0 Å². The lowest BCUT2D eigenvalue weighted by Crippen LogP contribution is -2.64. The van der Waals surface area contributed by atoms with E-state index in [-0.39, 0.29) is 23.6 Å². The van der Waals surface area contributed by atoms with Crippen LogP contribution in [0.1, 0.15) is 13.8 Å². The van der Waals surface area contributed by atoms with Crippen molar-refractivity contribution in [1.82, 2.24) is 15.1 Å². The minimum Gasteiger partial charge on any atom is -0.308 e. The van der Waals surface area contributed by atoms with Gasteiger partial charge >= 0.3 is 12.1 Å². The van der Waals surface area contributed by atoms with E-state index in [2.05, 4.69) is 5.32 Å². The number of rotatable bonds is 2. The van der Waals surface area contributed by atoms with Gasteiger partial charge in [0.05, 0.1) is 0 Å². The molecule has 1 aliphatic rings. The highest BCUT2D eigenvalue weighted by atomic mass is 32.2. The molecule has 14 heavy (non-hydrogen) atoms. The third-order valence-corrected chi connectivity index (χ3v) is 2.95. The highest BCUT2D eigenvalue weighted by Gasteiger charge is 2.36. The van der Waals surface area contributed by atoms with Crippen molar-refractivity contribution in [2.45, 2.75) is 25.4 Å². The van der Waals surface area contributed by atoms with E-state index in [1.807, 2.05) is 20.1 Å². The average Bonchev–Trinajstić information content (AvgIpc) is 2.10. The minimum absolute atomic E-state index is 0.118. The van der Waals surface area contributed by atoms with Crippen molar-refractivity contribution in [3.05, 3.63) is 0 Å². The van der Waals surface area contributed by atoms with E-state index >= 15 is 0 Å². The Morgan fingerprint density at radius 3 is 2.43 bits per heavy atom. The minimum atomic E-state index is -0.317. The number of thioether (sulfide) groups is 1. The molecule has 0 aliphatic carbocycles. The highest BCUT2D eigenvalue weighted by molar-refractivity contribution is 7.99. The van der Waals surface area contributed by atoms with Crippen molar-refractivity contribution in [1.29, 1.82) is 0 Å². The lowest BCUT2D eigenvalue weighted by molar-refractivity contribution is 0.125. The van der Waals surface area contributed by atoms with Crippen LogP contribution in [0, 0.1) is 0 Å². The Bertz CT molecular complexity index is 257. The number of nitrogens with zero attached hydrogens (tertiary/aromatic N) is 2. The van der Waals surface area contributed by atoms with Crippen LogP contribution in [0.3, 0.4) is 0 Å². The highest BCUT2D eigenvalue weighted by Crippen LogP contribution is 2.17. The zero-order valence-electron chi connectivity index (χ0n) is 8.77. The van der Waals surface area contributed by atoms with Crippen LogP contribution in [-0.4, -0.2) is 46.7 Å². The summed E-state index contributed by atoms with van der Waals surface area (Å²) in [6.45, 7) is 3.62. The zero-order valence-corrected chi connectivity index (χ0v) is 9.59. The lowest BCUT2D eigenvalue weighted by Gasteiger charge is -2.39. The van der Waals surface area contributed by atoms with Crippen LogP contribution in [0.5, 0.6) is 0 Å². The first kappa shape index (κ1) is 11.2. The number of nitrogens with one attached hydrogen (secondary N) is 1. The molecular weight excluding hydrogens is 202 g/mol. The fourth-order valence-electron chi connectivity index (χ4n) is 1.30. The average molecular weight is 217 g/mol. The summed E-state index contributed by atoms with van der Waals surface area (Å²) >= 11 is 1.42. The molecule has 0 radical (unpaired) electrons. The third kappa shape index (κ3) is 1.79. The molecule has 0 saturated carbocycles. The second-order valence-electron chi connectivity index (χ2n) is 3.39. The number of hydrogen-bond donors (Lipinski definition) is 1. The first-order valence-electron chi connectivity index (χ1n) is 4.38. The molecule has 1 saturated heterocycles. The van der Waals surface area contributed by atoms with Gasteiger partial charge in [-0.3, -0.25) is 4.90 Å². The maximum atomic E-state index is 11.7. The van der Waals surface area contributed by atoms with Gasteiger partial charge in [0.25, 0.3) is 0 Å². The third-order valence-electron chi connectivity index (χ3n) is 2.06. The largest absolute Gasteiger partial charge is 0.330 e. The van der Waals surface area contributed by atoms with E-state index in [0.717, 1.165) is 0 Å². The number of carbonyl (C=O) groups is 2. The molecule has 1 heterocycles. The topological polar surface area (TPSA) is 52.7 Å². The number of hydrogen-bond acceptors (Lipinski definition) is 3. The summed E-state index contributed by atoms with van der Waals surface area (Å²) in [4.78, 5) is 26.0. The molecule has 0 aromatic heterocycles. The second-order valence-corrected chi connectivity index (χ2v) is 4.31. The van der Waals surface area contributed by atoms with Crippen LogP contribution in [-0.2, 0) is 0 Å². The van der Waals surface area contributed by atoms with Gasteiger partial charge in [-0.25, -0.2) is 14.5 Å². The van der Waals surface area contributed by atoms with Gasteiger partial charge in [0.15, 0.2) is 5.50 Å². The van der Waals surface area contributed by atoms with Crippen LogP contribution >= 0.6 is 11.8 Å². The van der Waals surface area contributed by atoms with E-state index < -0.39 is 0 Å². The monoisotopic (exact) mass is 217 g/mol. The lowest BCUT2D eigenvalue weighted by atomic mass is 10.3. The summed E-state index contributed by atoms with van der Waals surface area (Å²) in [5, 5.41) is 2.73.